The number of phenolic OH excluding ortho intramolecular Hbond substituents is 1. The van der Waals surface area contributed by atoms with Gasteiger partial charge in [-0.05, 0) is 48.0 Å². The van der Waals surface area contributed by atoms with E-state index in [0.717, 1.165) is 12.1 Å². The Balaban J connectivity index is 0.000000713. The molecule has 3 nitrogen and oxygen atoms in total. The van der Waals surface area contributed by atoms with Crippen molar-refractivity contribution in [3.63, 3.8) is 0 Å². The molecule has 0 saturated heterocycles. The van der Waals surface area contributed by atoms with Crippen LogP contribution in [0, 0.1) is 11.6 Å². The second kappa shape index (κ2) is 11.7. The van der Waals surface area contributed by atoms with Crippen molar-refractivity contribution in [2.24, 2.45) is 0 Å². The number of hydrogen-bond donors (Lipinski definition) is 1. The van der Waals surface area contributed by atoms with E-state index < -0.39 is 17.4 Å². The first kappa shape index (κ1) is 25.9. The average molecular weight is 407 g/mol. The van der Waals surface area contributed by atoms with Crippen molar-refractivity contribution in [1.29, 1.82) is 0 Å². The van der Waals surface area contributed by atoms with Crippen molar-refractivity contribution in [3.8, 4) is 5.75 Å². The van der Waals surface area contributed by atoms with Gasteiger partial charge in [0.1, 0.15) is 12.6 Å². The van der Waals surface area contributed by atoms with Crippen LogP contribution in [0.25, 0.3) is 5.57 Å². The molecule has 0 spiro atoms. The number of aromatic hydroxyl groups is 1. The van der Waals surface area contributed by atoms with E-state index in [2.05, 4.69) is 39.5 Å². The largest absolute Gasteiger partial charge is 0.505 e. The molecule has 0 unspecified atom stereocenters. The minimum absolute atomic E-state index is 0.0896. The number of hydrogen-bond acceptors (Lipinski definition) is 3. The minimum Gasteiger partial charge on any atom is -0.505 e. The normalized spacial score (nSPS) is 13.2. The van der Waals surface area contributed by atoms with Gasteiger partial charge in [0.25, 0.3) is 0 Å². The highest BCUT2D eigenvalue weighted by molar-refractivity contribution is 8.33. The molecule has 0 aliphatic heterocycles. The summed E-state index contributed by atoms with van der Waals surface area (Å²) >= 11 is 0. The van der Waals surface area contributed by atoms with Gasteiger partial charge in [-0.1, -0.05) is 33.8 Å². The molecular formula is C21H36F2O3S. The molecule has 158 valence electrons. The lowest BCUT2D eigenvalue weighted by molar-refractivity contribution is -0.0285. The van der Waals surface area contributed by atoms with Crippen LogP contribution in [0.3, 0.4) is 0 Å². The van der Waals surface area contributed by atoms with Gasteiger partial charge in [-0.15, -0.1) is 0 Å². The fourth-order valence-electron chi connectivity index (χ4n) is 1.71. The van der Waals surface area contributed by atoms with Crippen LogP contribution in [0.2, 0.25) is 0 Å². The maximum absolute atomic E-state index is 13.7. The number of halogens is 2. The first-order valence-corrected chi connectivity index (χ1v) is 11.8. The molecule has 0 radical (unpaired) electrons. The van der Waals surface area contributed by atoms with Gasteiger partial charge in [0.2, 0.25) is 0 Å². The standard InChI is InChI=1S/C14H18F2O3.C7H18S/c1-3-10(5-4-6-19-9-18-2)12-7-11(15)8-13(17)14(12)16;1-7(2,3)8(4,5)6/h5,7-8,17H,3-4,6,9H2,1-2H3;1-6H3/b10-5+;. The van der Waals surface area contributed by atoms with E-state index in [0.29, 0.717) is 29.8 Å². The third kappa shape index (κ3) is 9.58. The summed E-state index contributed by atoms with van der Waals surface area (Å²) < 4.78 is 37.3. The minimum atomic E-state index is -0.799. The van der Waals surface area contributed by atoms with E-state index in [1.807, 2.05) is 6.92 Å². The van der Waals surface area contributed by atoms with Crippen LogP contribution in [0.4, 0.5) is 8.78 Å². The topological polar surface area (TPSA) is 38.7 Å². The molecule has 0 bridgehead atoms. The van der Waals surface area contributed by atoms with Gasteiger partial charge in [0.15, 0.2) is 11.6 Å². The number of phenols is 1. The molecule has 1 N–H and O–H groups in total. The molecule has 0 aliphatic rings. The highest BCUT2D eigenvalue weighted by atomic mass is 32.3. The lowest BCUT2D eigenvalue weighted by Crippen LogP contribution is -2.21. The van der Waals surface area contributed by atoms with Gasteiger partial charge in [-0.2, -0.15) is 0 Å². The summed E-state index contributed by atoms with van der Waals surface area (Å²) in [6.07, 6.45) is 9.92. The van der Waals surface area contributed by atoms with Crippen molar-refractivity contribution in [1.82, 2.24) is 0 Å². The van der Waals surface area contributed by atoms with Crippen molar-refractivity contribution in [2.45, 2.75) is 45.3 Å². The highest BCUT2D eigenvalue weighted by Gasteiger charge is 2.21. The van der Waals surface area contributed by atoms with Crippen LogP contribution in [0.15, 0.2) is 18.2 Å². The molecule has 27 heavy (non-hydrogen) atoms. The van der Waals surface area contributed by atoms with Crippen LogP contribution < -0.4 is 0 Å². The first-order chi connectivity index (χ1) is 12.3. The van der Waals surface area contributed by atoms with E-state index >= 15 is 0 Å². The van der Waals surface area contributed by atoms with Crippen LogP contribution in [-0.4, -0.2) is 49.1 Å². The van der Waals surface area contributed by atoms with Gasteiger partial charge < -0.3 is 14.6 Å². The Morgan fingerprint density at radius 3 is 2.19 bits per heavy atom. The average Bonchev–Trinajstić information content (AvgIpc) is 2.53. The number of methoxy groups -OCH3 is 1. The van der Waals surface area contributed by atoms with Crippen molar-refractivity contribution in [2.75, 3.05) is 39.3 Å². The Bertz CT molecular complexity index is 591. The smallest absolute Gasteiger partial charge is 0.172 e. The van der Waals surface area contributed by atoms with Gasteiger partial charge in [0, 0.05) is 18.7 Å². The zero-order chi connectivity index (χ0) is 21.3. The predicted molar refractivity (Wildman–Crippen MR) is 114 cm³/mol. The quantitative estimate of drug-likeness (QED) is 0.449. The van der Waals surface area contributed by atoms with Crippen LogP contribution in [0.1, 0.15) is 46.1 Å². The highest BCUT2D eigenvalue weighted by Crippen LogP contribution is 2.48. The van der Waals surface area contributed by atoms with E-state index in [4.69, 9.17) is 9.47 Å². The molecule has 0 aromatic heterocycles. The van der Waals surface area contributed by atoms with Gasteiger partial charge >= 0.3 is 0 Å². The summed E-state index contributed by atoms with van der Waals surface area (Å²) in [5.41, 5.74) is 0.722. The summed E-state index contributed by atoms with van der Waals surface area (Å²) in [5.74, 6) is -2.14. The molecule has 0 saturated carbocycles. The van der Waals surface area contributed by atoms with Crippen LogP contribution >= 0.6 is 10.0 Å². The second-order valence-corrected chi connectivity index (χ2v) is 12.8. The van der Waals surface area contributed by atoms with Gasteiger partial charge in [-0.25, -0.2) is 18.8 Å². The molecule has 0 amide bonds. The molecular weight excluding hydrogens is 370 g/mol. The van der Waals surface area contributed by atoms with Gasteiger partial charge in [-0.3, -0.25) is 0 Å². The molecule has 1 aromatic rings. The summed E-state index contributed by atoms with van der Waals surface area (Å²) in [6.45, 7) is 9.39. The maximum atomic E-state index is 13.7. The monoisotopic (exact) mass is 406 g/mol. The van der Waals surface area contributed by atoms with Crippen LogP contribution in [0.5, 0.6) is 5.75 Å². The predicted octanol–water partition coefficient (Wildman–Crippen LogP) is 5.95. The molecule has 0 heterocycles. The molecule has 0 fully saturated rings. The Morgan fingerprint density at radius 2 is 1.74 bits per heavy atom. The fourth-order valence-corrected chi connectivity index (χ4v) is 1.71. The number of allylic oxidation sites excluding steroid dienone is 1. The maximum Gasteiger partial charge on any atom is 0.172 e. The Kier molecular flexibility index (Phi) is 11.2. The summed E-state index contributed by atoms with van der Waals surface area (Å²) in [7, 11) is 1.19. The number of ether oxygens (including phenoxy) is 2. The second-order valence-electron chi connectivity index (χ2n) is 7.92. The van der Waals surface area contributed by atoms with Crippen LogP contribution in [-0.2, 0) is 9.47 Å². The molecule has 1 rings (SSSR count). The number of benzene rings is 1. The lowest BCUT2D eigenvalue weighted by atomic mass is 10.0. The number of rotatable bonds is 7. The third-order valence-electron chi connectivity index (χ3n) is 4.44. The third-order valence-corrected chi connectivity index (χ3v) is 8.11. The summed E-state index contributed by atoms with van der Waals surface area (Å²) in [6, 6.07) is 1.84. The summed E-state index contributed by atoms with van der Waals surface area (Å²) in [4.78, 5) is 0. The van der Waals surface area contributed by atoms with Gasteiger partial charge in [0.05, 0.1) is 6.61 Å². The molecule has 6 heteroatoms. The molecule has 0 atom stereocenters. The molecule has 1 aromatic carbocycles. The Hall–Kier alpha value is -1.11. The molecule has 0 aliphatic carbocycles. The van der Waals surface area contributed by atoms with Crippen molar-refractivity contribution < 1.29 is 23.4 Å². The Morgan fingerprint density at radius 1 is 1.19 bits per heavy atom. The zero-order valence-electron chi connectivity index (χ0n) is 18.0. The fraction of sp³-hybridized carbons (Fsp3) is 0.619. The van der Waals surface area contributed by atoms with E-state index in [9.17, 15) is 13.9 Å². The first-order valence-electron chi connectivity index (χ1n) is 8.97. The zero-order valence-corrected chi connectivity index (χ0v) is 18.8. The van der Waals surface area contributed by atoms with E-state index in [-0.39, 0.29) is 22.4 Å². The van der Waals surface area contributed by atoms with Crippen molar-refractivity contribution in [3.05, 3.63) is 35.4 Å². The SMILES string of the molecule is CC(C)(C)S(C)(C)C.CC/C(=C\CCOCOC)c1cc(F)cc(O)c1F. The summed E-state index contributed by atoms with van der Waals surface area (Å²) in [5, 5.41) is 9.28. The Labute approximate surface area is 165 Å². The van der Waals surface area contributed by atoms with Crippen molar-refractivity contribution >= 4 is 15.6 Å². The van der Waals surface area contributed by atoms with E-state index in [1.54, 1.807) is 6.08 Å². The van der Waals surface area contributed by atoms with E-state index in [1.165, 1.54) is 7.11 Å². The lowest BCUT2D eigenvalue weighted by Gasteiger charge is -2.40.